The molecule has 38 heavy (non-hydrogen) atoms. The summed E-state index contributed by atoms with van der Waals surface area (Å²) in [7, 11) is -3.75. The average Bonchev–Trinajstić information content (AvgIpc) is 3.41. The zero-order valence-corrected chi connectivity index (χ0v) is 22.2. The van der Waals surface area contributed by atoms with E-state index in [-0.39, 0.29) is 4.90 Å². The van der Waals surface area contributed by atoms with Crippen molar-refractivity contribution in [2.75, 3.05) is 17.8 Å². The van der Waals surface area contributed by atoms with Crippen molar-refractivity contribution in [2.24, 2.45) is 0 Å². The van der Waals surface area contributed by atoms with Gasteiger partial charge >= 0.3 is 0 Å². The lowest BCUT2D eigenvalue weighted by Crippen LogP contribution is -2.23. The molecule has 11 heteroatoms. The fourth-order valence-electron chi connectivity index (χ4n) is 3.86. The third kappa shape index (κ3) is 7.67. The molecule has 4 aromatic rings. The molecule has 0 aliphatic carbocycles. The lowest BCUT2D eigenvalue weighted by Gasteiger charge is -2.12. The maximum atomic E-state index is 12.9. The molecule has 0 saturated heterocycles. The van der Waals surface area contributed by atoms with Crippen molar-refractivity contribution < 1.29 is 13.5 Å². The molecule has 0 saturated carbocycles. The van der Waals surface area contributed by atoms with Crippen molar-refractivity contribution >= 4 is 15.7 Å². The number of aliphatic hydroxyl groups excluding tert-OH is 1. The molecule has 0 aliphatic rings. The van der Waals surface area contributed by atoms with E-state index in [1.54, 1.807) is 42.7 Å². The van der Waals surface area contributed by atoms with E-state index in [1.807, 2.05) is 18.2 Å². The molecule has 3 N–H and O–H groups in total. The Morgan fingerprint density at radius 3 is 2.50 bits per heavy atom. The Kier molecular flexibility index (Phi) is 9.52. The van der Waals surface area contributed by atoms with Crippen LogP contribution >= 0.6 is 0 Å². The van der Waals surface area contributed by atoms with Gasteiger partial charge in [0, 0.05) is 36.6 Å². The number of pyridine rings is 1. The highest BCUT2D eigenvalue weighted by Crippen LogP contribution is 2.18. The van der Waals surface area contributed by atoms with E-state index in [1.165, 1.54) is 16.9 Å². The fourth-order valence-corrected chi connectivity index (χ4v) is 4.92. The van der Waals surface area contributed by atoms with Gasteiger partial charge in [0.25, 0.3) is 10.0 Å². The van der Waals surface area contributed by atoms with E-state index < -0.39 is 16.1 Å². The van der Waals surface area contributed by atoms with Gasteiger partial charge in [-0.2, -0.15) is 0 Å². The normalized spacial score (nSPS) is 12.4. The van der Waals surface area contributed by atoms with Crippen LogP contribution in [0.5, 0.6) is 0 Å². The third-order valence-corrected chi connectivity index (χ3v) is 7.44. The van der Waals surface area contributed by atoms with Crippen LogP contribution in [0.25, 0.3) is 5.69 Å². The molecule has 0 amide bonds. The fraction of sp³-hybridized carbons (Fsp3) is 0.333. The van der Waals surface area contributed by atoms with Crippen molar-refractivity contribution in [3.63, 3.8) is 0 Å². The second-order valence-corrected chi connectivity index (χ2v) is 10.7. The maximum absolute atomic E-state index is 12.9. The average molecular weight is 536 g/mol. The summed E-state index contributed by atoms with van der Waals surface area (Å²) in [4.78, 5) is 5.58. The molecule has 10 nitrogen and oxygen atoms in total. The van der Waals surface area contributed by atoms with E-state index in [4.69, 9.17) is 0 Å². The summed E-state index contributed by atoms with van der Waals surface area (Å²) in [6, 6.07) is 17.3. The summed E-state index contributed by atoms with van der Waals surface area (Å²) >= 11 is 0. The largest absolute Gasteiger partial charge is 0.387 e. The van der Waals surface area contributed by atoms with Crippen LogP contribution in [0.3, 0.4) is 0 Å². The molecule has 1 atom stereocenters. The Labute approximate surface area is 223 Å². The van der Waals surface area contributed by atoms with Gasteiger partial charge in [-0.3, -0.25) is 9.71 Å². The molecular weight excluding hydrogens is 502 g/mol. The van der Waals surface area contributed by atoms with Crippen molar-refractivity contribution in [1.82, 2.24) is 30.5 Å². The standard InChI is InChI=1S/C27H33N7O3S/c1-2-3-4-7-27-30-33-34(31-27)24-12-14-25(15-13-24)38(36,37)32-23-10-8-21(9-11-23)16-18-29-20-26(35)22-6-5-17-28-19-22/h5-6,8-15,17,19,26,29,32,35H,2-4,7,16,18,20H2,1H3. The predicted octanol–water partition coefficient (Wildman–Crippen LogP) is 3.46. The van der Waals surface area contributed by atoms with Gasteiger partial charge in [-0.25, -0.2) is 8.42 Å². The minimum Gasteiger partial charge on any atom is -0.387 e. The lowest BCUT2D eigenvalue weighted by atomic mass is 10.1. The van der Waals surface area contributed by atoms with Gasteiger partial charge in [0.05, 0.1) is 16.7 Å². The molecule has 2 heterocycles. The van der Waals surface area contributed by atoms with Gasteiger partial charge in [0.2, 0.25) is 0 Å². The molecule has 200 valence electrons. The van der Waals surface area contributed by atoms with Crippen LogP contribution in [0, 0.1) is 0 Å². The first-order chi connectivity index (χ1) is 18.4. The number of nitrogens with one attached hydrogen (secondary N) is 2. The molecule has 2 aromatic heterocycles. The molecular formula is C27H33N7O3S. The number of anilines is 1. The van der Waals surface area contributed by atoms with E-state index in [9.17, 15) is 13.5 Å². The minimum absolute atomic E-state index is 0.144. The quantitative estimate of drug-likeness (QED) is 0.209. The van der Waals surface area contributed by atoms with E-state index in [0.717, 1.165) is 43.2 Å². The number of tetrazole rings is 1. The Morgan fingerprint density at radius 1 is 1.00 bits per heavy atom. The van der Waals surface area contributed by atoms with Crippen molar-refractivity contribution in [3.8, 4) is 5.69 Å². The van der Waals surface area contributed by atoms with Crippen LogP contribution < -0.4 is 10.0 Å². The highest BCUT2D eigenvalue weighted by atomic mass is 32.2. The molecule has 4 rings (SSSR count). The third-order valence-electron chi connectivity index (χ3n) is 6.04. The highest BCUT2D eigenvalue weighted by molar-refractivity contribution is 7.92. The zero-order valence-electron chi connectivity index (χ0n) is 21.4. The SMILES string of the molecule is CCCCCc1nnn(-c2ccc(S(=O)(=O)Nc3ccc(CCNCC(O)c4cccnc4)cc3)cc2)n1. The molecule has 0 radical (unpaired) electrons. The van der Waals surface area contributed by atoms with Gasteiger partial charge in [0.15, 0.2) is 5.82 Å². The Balaban J connectivity index is 1.27. The van der Waals surface area contributed by atoms with Crippen LogP contribution in [0.1, 0.15) is 49.2 Å². The molecule has 0 spiro atoms. The number of benzene rings is 2. The number of rotatable bonds is 14. The molecule has 2 aromatic carbocycles. The molecule has 0 aliphatic heterocycles. The first-order valence-electron chi connectivity index (χ1n) is 12.7. The summed E-state index contributed by atoms with van der Waals surface area (Å²) < 4.78 is 28.4. The van der Waals surface area contributed by atoms with Gasteiger partial charge in [0.1, 0.15) is 0 Å². The van der Waals surface area contributed by atoms with Crippen LogP contribution in [-0.4, -0.2) is 51.8 Å². The number of sulfonamides is 1. The Hall–Kier alpha value is -3.67. The van der Waals surface area contributed by atoms with E-state index in [2.05, 4.69) is 37.4 Å². The monoisotopic (exact) mass is 535 g/mol. The Bertz CT molecular complexity index is 1380. The maximum Gasteiger partial charge on any atom is 0.261 e. The summed E-state index contributed by atoms with van der Waals surface area (Å²) in [6.45, 7) is 3.24. The van der Waals surface area contributed by atoms with Gasteiger partial charge in [-0.05, 0) is 72.6 Å². The highest BCUT2D eigenvalue weighted by Gasteiger charge is 2.15. The number of aliphatic hydroxyl groups is 1. The van der Waals surface area contributed by atoms with E-state index in [0.29, 0.717) is 30.3 Å². The van der Waals surface area contributed by atoms with Crippen LogP contribution in [0.15, 0.2) is 78.0 Å². The number of hydrogen-bond acceptors (Lipinski definition) is 8. The number of unbranched alkanes of at least 4 members (excludes halogenated alkanes) is 2. The second-order valence-electron chi connectivity index (χ2n) is 9.00. The second kappa shape index (κ2) is 13.2. The van der Waals surface area contributed by atoms with Crippen molar-refractivity contribution in [2.45, 2.75) is 50.0 Å². The zero-order chi connectivity index (χ0) is 26.8. The van der Waals surface area contributed by atoms with Gasteiger partial charge < -0.3 is 10.4 Å². The number of aryl methyl sites for hydroxylation is 1. The van der Waals surface area contributed by atoms with Crippen LogP contribution in [-0.2, 0) is 22.9 Å². The minimum atomic E-state index is -3.75. The molecule has 0 fully saturated rings. The topological polar surface area (TPSA) is 135 Å². The van der Waals surface area contributed by atoms with E-state index >= 15 is 0 Å². The Morgan fingerprint density at radius 2 is 1.79 bits per heavy atom. The first kappa shape index (κ1) is 27.4. The van der Waals surface area contributed by atoms with Gasteiger partial charge in [-0.15, -0.1) is 15.0 Å². The van der Waals surface area contributed by atoms with Crippen LogP contribution in [0.2, 0.25) is 0 Å². The predicted molar refractivity (Wildman–Crippen MR) is 145 cm³/mol. The molecule has 0 bridgehead atoms. The summed E-state index contributed by atoms with van der Waals surface area (Å²) in [5, 5.41) is 25.9. The summed E-state index contributed by atoms with van der Waals surface area (Å²) in [5.74, 6) is 0.679. The van der Waals surface area contributed by atoms with Crippen molar-refractivity contribution in [3.05, 3.63) is 90.0 Å². The lowest BCUT2D eigenvalue weighted by molar-refractivity contribution is 0.174. The number of hydrogen-bond donors (Lipinski definition) is 3. The van der Waals surface area contributed by atoms with Gasteiger partial charge in [-0.1, -0.05) is 38.0 Å². The van der Waals surface area contributed by atoms with Crippen molar-refractivity contribution in [1.29, 1.82) is 0 Å². The number of aromatic nitrogens is 5. The molecule has 1 unspecified atom stereocenters. The first-order valence-corrected chi connectivity index (χ1v) is 14.2. The smallest absolute Gasteiger partial charge is 0.261 e. The summed E-state index contributed by atoms with van der Waals surface area (Å²) in [5.41, 5.74) is 2.94. The van der Waals surface area contributed by atoms with Crippen LogP contribution in [0.4, 0.5) is 5.69 Å². The number of nitrogens with zero attached hydrogens (tertiary/aromatic N) is 5. The summed E-state index contributed by atoms with van der Waals surface area (Å²) in [6.07, 6.45) is 7.48.